The van der Waals surface area contributed by atoms with Gasteiger partial charge in [-0.05, 0) is 42.5 Å². The number of benzene rings is 3. The van der Waals surface area contributed by atoms with Crippen LogP contribution in [-0.2, 0) is 11.8 Å². The number of hydrogen-bond donors (Lipinski definition) is 1. The summed E-state index contributed by atoms with van der Waals surface area (Å²) in [5.74, 6) is -0.768. The van der Waals surface area contributed by atoms with Crippen LogP contribution in [0.15, 0.2) is 79.0 Å². The Morgan fingerprint density at radius 1 is 0.909 bits per heavy atom. The molecule has 33 heavy (non-hydrogen) atoms. The van der Waals surface area contributed by atoms with Crippen molar-refractivity contribution in [1.29, 1.82) is 0 Å². The summed E-state index contributed by atoms with van der Waals surface area (Å²) in [7, 11) is 1.97. The maximum absolute atomic E-state index is 13.4. The highest BCUT2D eigenvalue weighted by Gasteiger charge is 2.48. The summed E-state index contributed by atoms with van der Waals surface area (Å²) >= 11 is 0. The van der Waals surface area contributed by atoms with Gasteiger partial charge in [0.25, 0.3) is 11.8 Å². The van der Waals surface area contributed by atoms with Gasteiger partial charge in [-0.2, -0.15) is 0 Å². The van der Waals surface area contributed by atoms with Crippen molar-refractivity contribution in [2.45, 2.75) is 6.17 Å². The number of amides is 3. The van der Waals surface area contributed by atoms with Gasteiger partial charge in [0.05, 0.1) is 11.3 Å². The second-order valence-electron chi connectivity index (χ2n) is 8.33. The van der Waals surface area contributed by atoms with Crippen LogP contribution >= 0.6 is 0 Å². The molecule has 3 heterocycles. The highest BCUT2D eigenvalue weighted by atomic mass is 16.2. The molecule has 0 saturated heterocycles. The molecular formula is C26H20N4O3. The molecule has 7 heteroatoms. The summed E-state index contributed by atoms with van der Waals surface area (Å²) in [4.78, 5) is 42.8. The zero-order chi connectivity index (χ0) is 22.7. The minimum Gasteiger partial charge on any atom is -0.351 e. The van der Waals surface area contributed by atoms with Gasteiger partial charge in [0.15, 0.2) is 0 Å². The number of nitrogens with zero attached hydrogens (tertiary/aromatic N) is 3. The van der Waals surface area contributed by atoms with E-state index in [2.05, 4.69) is 5.32 Å². The summed E-state index contributed by atoms with van der Waals surface area (Å²) in [6.45, 7) is -0.178. The summed E-state index contributed by atoms with van der Waals surface area (Å²) in [6, 6.07) is 22.0. The Morgan fingerprint density at radius 2 is 1.67 bits per heavy atom. The molecule has 162 valence electrons. The molecule has 0 fully saturated rings. The molecule has 0 spiro atoms. The van der Waals surface area contributed by atoms with E-state index in [1.165, 1.54) is 4.90 Å². The number of nitrogens with one attached hydrogen (secondary N) is 1. The molecule has 0 radical (unpaired) electrons. The first-order valence-corrected chi connectivity index (χ1v) is 10.7. The minimum atomic E-state index is -0.654. The van der Waals surface area contributed by atoms with E-state index in [4.69, 9.17) is 0 Å². The van der Waals surface area contributed by atoms with Gasteiger partial charge in [0, 0.05) is 41.0 Å². The second-order valence-corrected chi connectivity index (χ2v) is 8.33. The molecule has 2 aliphatic heterocycles. The molecule has 3 aromatic carbocycles. The highest BCUT2D eigenvalue weighted by molar-refractivity contribution is 6.17. The fourth-order valence-electron chi connectivity index (χ4n) is 4.85. The van der Waals surface area contributed by atoms with Gasteiger partial charge >= 0.3 is 0 Å². The first-order valence-electron chi connectivity index (χ1n) is 10.7. The molecule has 1 N–H and O–H groups in total. The van der Waals surface area contributed by atoms with Crippen molar-refractivity contribution < 1.29 is 14.4 Å². The lowest BCUT2D eigenvalue weighted by Gasteiger charge is -2.40. The zero-order valence-corrected chi connectivity index (χ0v) is 17.9. The number of anilines is 2. The topological polar surface area (TPSA) is 74.7 Å². The van der Waals surface area contributed by atoms with Crippen LogP contribution in [-0.4, -0.2) is 33.7 Å². The van der Waals surface area contributed by atoms with E-state index in [1.54, 1.807) is 35.2 Å². The normalized spacial score (nSPS) is 16.6. The molecule has 0 unspecified atom stereocenters. The molecule has 0 saturated carbocycles. The Hall–Kier alpha value is -4.39. The molecule has 1 aromatic heterocycles. The number of fused-ring (bicyclic) bond motifs is 6. The van der Waals surface area contributed by atoms with Crippen molar-refractivity contribution in [1.82, 2.24) is 9.47 Å². The maximum atomic E-state index is 13.4. The fraction of sp³-hybridized carbons (Fsp3) is 0.115. The first kappa shape index (κ1) is 19.3. The number of rotatable bonds is 3. The van der Waals surface area contributed by atoms with Crippen LogP contribution < -0.4 is 10.2 Å². The van der Waals surface area contributed by atoms with Crippen molar-refractivity contribution in [3.63, 3.8) is 0 Å². The lowest BCUT2D eigenvalue weighted by Crippen LogP contribution is -2.50. The SMILES string of the molecule is Cn1ccc2cc(NC(=O)CN3C(=O)c4ccccc4N4C(=O)c5ccccc5[C@@H]34)ccc21. The Kier molecular flexibility index (Phi) is 4.13. The first-order chi connectivity index (χ1) is 16.0. The average Bonchev–Trinajstić information content (AvgIpc) is 3.34. The quantitative estimate of drug-likeness (QED) is 0.529. The van der Waals surface area contributed by atoms with Crippen LogP contribution in [0.4, 0.5) is 11.4 Å². The van der Waals surface area contributed by atoms with Crippen molar-refractivity contribution in [2.24, 2.45) is 7.05 Å². The summed E-state index contributed by atoms with van der Waals surface area (Å²) < 4.78 is 2.01. The maximum Gasteiger partial charge on any atom is 0.260 e. The Bertz CT molecular complexity index is 1470. The van der Waals surface area contributed by atoms with Gasteiger partial charge in [-0.1, -0.05) is 30.3 Å². The molecule has 4 aromatic rings. The van der Waals surface area contributed by atoms with E-state index in [0.29, 0.717) is 22.5 Å². The van der Waals surface area contributed by atoms with Crippen LogP contribution in [0.2, 0.25) is 0 Å². The van der Waals surface area contributed by atoms with E-state index in [-0.39, 0.29) is 24.3 Å². The number of aromatic nitrogens is 1. The predicted molar refractivity (Wildman–Crippen MR) is 125 cm³/mol. The van der Waals surface area contributed by atoms with Gasteiger partial charge in [0.2, 0.25) is 5.91 Å². The second kappa shape index (κ2) is 7.06. The van der Waals surface area contributed by atoms with E-state index in [0.717, 1.165) is 16.5 Å². The van der Waals surface area contributed by atoms with Gasteiger partial charge in [-0.25, -0.2) is 0 Å². The van der Waals surface area contributed by atoms with E-state index in [9.17, 15) is 14.4 Å². The number of aryl methyl sites for hydroxylation is 1. The van der Waals surface area contributed by atoms with Crippen LogP contribution in [0.1, 0.15) is 32.4 Å². The Balaban J connectivity index is 1.35. The predicted octanol–water partition coefficient (Wildman–Crippen LogP) is 3.93. The minimum absolute atomic E-state index is 0.171. The molecule has 6 rings (SSSR count). The average molecular weight is 436 g/mol. The van der Waals surface area contributed by atoms with E-state index in [1.807, 2.05) is 60.3 Å². The van der Waals surface area contributed by atoms with Crippen molar-refractivity contribution in [3.05, 3.63) is 95.7 Å². The smallest absolute Gasteiger partial charge is 0.260 e. The van der Waals surface area contributed by atoms with Crippen molar-refractivity contribution in [2.75, 3.05) is 16.8 Å². The van der Waals surface area contributed by atoms with Crippen LogP contribution in [0.25, 0.3) is 10.9 Å². The Labute approximate surface area is 189 Å². The number of para-hydroxylation sites is 1. The summed E-state index contributed by atoms with van der Waals surface area (Å²) in [6.07, 6.45) is 1.31. The van der Waals surface area contributed by atoms with Crippen LogP contribution in [0, 0.1) is 0 Å². The van der Waals surface area contributed by atoms with E-state index < -0.39 is 6.17 Å². The lowest BCUT2D eigenvalue weighted by molar-refractivity contribution is -0.117. The third-order valence-corrected chi connectivity index (χ3v) is 6.37. The molecule has 1 atom stereocenters. The van der Waals surface area contributed by atoms with Crippen molar-refractivity contribution in [3.8, 4) is 0 Å². The summed E-state index contributed by atoms with van der Waals surface area (Å²) in [5, 5.41) is 3.92. The van der Waals surface area contributed by atoms with Crippen LogP contribution in [0.5, 0.6) is 0 Å². The summed E-state index contributed by atoms with van der Waals surface area (Å²) in [5.41, 5.74) is 3.97. The molecule has 0 aliphatic carbocycles. The monoisotopic (exact) mass is 436 g/mol. The van der Waals surface area contributed by atoms with E-state index >= 15 is 0 Å². The molecule has 2 aliphatic rings. The zero-order valence-electron chi connectivity index (χ0n) is 17.9. The fourth-order valence-corrected chi connectivity index (χ4v) is 4.85. The van der Waals surface area contributed by atoms with Gasteiger partial charge < -0.3 is 14.8 Å². The Morgan fingerprint density at radius 3 is 2.52 bits per heavy atom. The molecule has 7 nitrogen and oxygen atoms in total. The van der Waals surface area contributed by atoms with Gasteiger partial charge in [-0.3, -0.25) is 19.3 Å². The molecule has 3 amide bonds. The van der Waals surface area contributed by atoms with Crippen molar-refractivity contribution >= 4 is 40.0 Å². The molecular weight excluding hydrogens is 416 g/mol. The standard InChI is InChI=1S/C26H20N4O3/c1-28-13-12-16-14-17(10-11-21(16)28)27-23(31)15-29-24-18-6-2-3-7-19(18)26(33)30(24)22-9-5-4-8-20(22)25(29)32/h2-14,24H,15H2,1H3,(H,27,31)/t24-/m0/s1. The van der Waals surface area contributed by atoms with Gasteiger partial charge in [-0.15, -0.1) is 0 Å². The number of hydrogen-bond acceptors (Lipinski definition) is 3. The third-order valence-electron chi connectivity index (χ3n) is 6.37. The van der Waals surface area contributed by atoms with Crippen LogP contribution in [0.3, 0.4) is 0 Å². The van der Waals surface area contributed by atoms with Gasteiger partial charge in [0.1, 0.15) is 12.7 Å². The number of carbonyl (C=O) groups is 3. The highest BCUT2D eigenvalue weighted by Crippen LogP contribution is 2.44. The molecule has 0 bridgehead atoms. The number of carbonyl (C=O) groups excluding carboxylic acids is 3. The lowest BCUT2D eigenvalue weighted by atomic mass is 10.0. The third kappa shape index (κ3) is 2.86. The largest absolute Gasteiger partial charge is 0.351 e.